The van der Waals surface area contributed by atoms with Crippen molar-refractivity contribution >= 4 is 43.6 Å². The normalized spacial score (nSPS) is 12.5. The number of methoxy groups -OCH3 is 1. The molecule has 2 aromatic heterocycles. The van der Waals surface area contributed by atoms with Gasteiger partial charge in [-0.2, -0.15) is 0 Å². The van der Waals surface area contributed by atoms with Crippen LogP contribution >= 0.6 is 11.3 Å². The highest BCUT2D eigenvalue weighted by molar-refractivity contribution is 7.77. The zero-order valence-corrected chi connectivity index (χ0v) is 16.8. The molecule has 2 heterocycles. The van der Waals surface area contributed by atoms with E-state index < -0.39 is 11.3 Å². The second-order valence-corrected chi connectivity index (χ2v) is 8.05. The second kappa shape index (κ2) is 7.48. The lowest BCUT2D eigenvalue weighted by Crippen LogP contribution is -2.16. The Morgan fingerprint density at radius 1 is 1.25 bits per heavy atom. The summed E-state index contributed by atoms with van der Waals surface area (Å²) in [5.41, 5.74) is 4.33. The highest BCUT2D eigenvalue weighted by Crippen LogP contribution is 2.40. The molecule has 0 spiro atoms. The van der Waals surface area contributed by atoms with E-state index in [2.05, 4.69) is 9.71 Å². The number of pyridine rings is 1. The van der Waals surface area contributed by atoms with Crippen molar-refractivity contribution in [2.45, 2.75) is 13.5 Å². The van der Waals surface area contributed by atoms with Crippen molar-refractivity contribution in [3.05, 3.63) is 63.3 Å². The topological polar surface area (TPSA) is 94.2 Å². The van der Waals surface area contributed by atoms with Crippen molar-refractivity contribution in [2.75, 3.05) is 7.11 Å². The summed E-state index contributed by atoms with van der Waals surface area (Å²) < 4.78 is 30.2. The predicted molar refractivity (Wildman–Crippen MR) is 112 cm³/mol. The third-order valence-corrected chi connectivity index (χ3v) is 6.08. The number of aryl methyl sites for hydroxylation is 1. The average Bonchev–Trinajstić information content (AvgIpc) is 3.16. The van der Waals surface area contributed by atoms with E-state index in [0.29, 0.717) is 10.4 Å². The molecule has 4 aromatic rings. The van der Waals surface area contributed by atoms with Crippen LogP contribution in [0.2, 0.25) is 0 Å². The summed E-state index contributed by atoms with van der Waals surface area (Å²) in [6, 6.07) is 11.5. The lowest BCUT2D eigenvalue weighted by Gasteiger charge is -2.15. The van der Waals surface area contributed by atoms with Gasteiger partial charge in [0.15, 0.2) is 0 Å². The van der Waals surface area contributed by atoms with Crippen LogP contribution in [0.3, 0.4) is 0 Å². The van der Waals surface area contributed by atoms with Gasteiger partial charge in [0, 0.05) is 39.7 Å². The molecule has 28 heavy (non-hydrogen) atoms. The van der Waals surface area contributed by atoms with Gasteiger partial charge in [0.1, 0.15) is 10.4 Å². The molecule has 0 fully saturated rings. The molecule has 4 rings (SSSR count). The third-order valence-electron chi connectivity index (χ3n) is 4.79. The largest absolute Gasteiger partial charge is 0.760 e. The number of aromatic amines is 1. The van der Waals surface area contributed by atoms with Gasteiger partial charge in [-0.05, 0) is 47.2 Å². The standard InChI is InChI=1S/C20H18N2O4S2/c1-11-9-12(3-4-13(11)10-21-28(24)25)17-16(26-2)6-5-15-18(17)14-7-8-27-19(14)20(23)22-15/h3-9,21H,10H2,1-2H3,(H,22,23)(H,24,25)/p-1. The number of nitrogens with one attached hydrogen (secondary N) is 2. The summed E-state index contributed by atoms with van der Waals surface area (Å²) >= 11 is -0.896. The van der Waals surface area contributed by atoms with Gasteiger partial charge in [-0.15, -0.1) is 11.3 Å². The summed E-state index contributed by atoms with van der Waals surface area (Å²) in [4.78, 5) is 15.3. The number of hydrogen-bond donors (Lipinski definition) is 2. The van der Waals surface area contributed by atoms with Gasteiger partial charge in [-0.3, -0.25) is 9.00 Å². The fraction of sp³-hybridized carbons (Fsp3) is 0.150. The maximum Gasteiger partial charge on any atom is 0.266 e. The third kappa shape index (κ3) is 3.24. The van der Waals surface area contributed by atoms with E-state index in [9.17, 15) is 13.6 Å². The molecular weight excluding hydrogens is 396 g/mol. The maximum absolute atomic E-state index is 12.3. The molecule has 0 radical (unpaired) electrons. The van der Waals surface area contributed by atoms with Gasteiger partial charge < -0.3 is 14.3 Å². The van der Waals surface area contributed by atoms with E-state index in [4.69, 9.17) is 4.74 Å². The SMILES string of the molecule is COc1ccc2[nH]c(=O)c3sccc3c2c1-c1ccc(CNS(=O)[O-])c(C)c1. The molecule has 6 nitrogen and oxygen atoms in total. The molecule has 1 atom stereocenters. The summed E-state index contributed by atoms with van der Waals surface area (Å²) in [5.74, 6) is 0.706. The molecule has 2 aromatic carbocycles. The summed E-state index contributed by atoms with van der Waals surface area (Å²) in [6.07, 6.45) is 0. The molecule has 0 aliphatic carbocycles. The van der Waals surface area contributed by atoms with E-state index in [0.717, 1.165) is 38.5 Å². The first-order chi connectivity index (χ1) is 13.5. The number of ether oxygens (including phenoxy) is 1. The second-order valence-electron chi connectivity index (χ2n) is 6.38. The van der Waals surface area contributed by atoms with Crippen LogP contribution in [-0.4, -0.2) is 20.9 Å². The zero-order chi connectivity index (χ0) is 19.8. The number of fused-ring (bicyclic) bond motifs is 3. The van der Waals surface area contributed by atoms with Crippen LogP contribution in [0.1, 0.15) is 11.1 Å². The Bertz CT molecular complexity index is 1280. The van der Waals surface area contributed by atoms with E-state index >= 15 is 0 Å². The lowest BCUT2D eigenvalue weighted by atomic mass is 9.94. The molecule has 0 aliphatic rings. The van der Waals surface area contributed by atoms with Gasteiger partial charge >= 0.3 is 0 Å². The Balaban J connectivity index is 1.97. The molecule has 8 heteroatoms. The minimum Gasteiger partial charge on any atom is -0.760 e. The highest BCUT2D eigenvalue weighted by atomic mass is 32.2. The van der Waals surface area contributed by atoms with Gasteiger partial charge in [-0.25, -0.2) is 4.72 Å². The maximum atomic E-state index is 12.3. The minimum atomic E-state index is -2.31. The van der Waals surface area contributed by atoms with Crippen molar-refractivity contribution in [2.24, 2.45) is 0 Å². The molecule has 0 bridgehead atoms. The van der Waals surface area contributed by atoms with Crippen LogP contribution < -0.4 is 15.0 Å². The van der Waals surface area contributed by atoms with E-state index in [1.807, 2.05) is 48.7 Å². The Morgan fingerprint density at radius 3 is 2.79 bits per heavy atom. The predicted octanol–water partition coefficient (Wildman–Crippen LogP) is 3.61. The number of benzene rings is 2. The molecule has 0 amide bonds. The van der Waals surface area contributed by atoms with Crippen LogP contribution in [0.25, 0.3) is 32.1 Å². The lowest BCUT2D eigenvalue weighted by molar-refractivity contribution is 0.417. The first-order valence-electron chi connectivity index (χ1n) is 8.52. The van der Waals surface area contributed by atoms with Gasteiger partial charge in [0.2, 0.25) is 0 Å². The Kier molecular flexibility index (Phi) is 5.03. The Hall–Kier alpha value is -2.52. The first-order valence-corrected chi connectivity index (χ1v) is 10.5. The van der Waals surface area contributed by atoms with Crippen LogP contribution in [0.4, 0.5) is 0 Å². The van der Waals surface area contributed by atoms with Crippen LogP contribution in [0, 0.1) is 6.92 Å². The van der Waals surface area contributed by atoms with Crippen molar-refractivity contribution in [1.29, 1.82) is 0 Å². The van der Waals surface area contributed by atoms with E-state index in [-0.39, 0.29) is 12.1 Å². The van der Waals surface area contributed by atoms with Crippen molar-refractivity contribution in [1.82, 2.24) is 9.71 Å². The summed E-state index contributed by atoms with van der Waals surface area (Å²) in [7, 11) is 1.62. The monoisotopic (exact) mass is 413 g/mol. The minimum absolute atomic E-state index is 0.100. The number of aromatic nitrogens is 1. The number of H-pyrrole nitrogens is 1. The Morgan fingerprint density at radius 2 is 2.07 bits per heavy atom. The fourth-order valence-electron chi connectivity index (χ4n) is 3.47. The first kappa shape index (κ1) is 18.8. The van der Waals surface area contributed by atoms with Crippen LogP contribution in [0.5, 0.6) is 5.75 Å². The molecular formula is C20H17N2O4S2-. The molecule has 0 saturated carbocycles. The molecule has 1 unspecified atom stereocenters. The highest BCUT2D eigenvalue weighted by Gasteiger charge is 2.16. The smallest absolute Gasteiger partial charge is 0.266 e. The quantitative estimate of drug-likeness (QED) is 0.489. The van der Waals surface area contributed by atoms with Crippen molar-refractivity contribution < 1.29 is 13.5 Å². The van der Waals surface area contributed by atoms with Gasteiger partial charge in [-0.1, -0.05) is 18.2 Å². The number of rotatable bonds is 5. The van der Waals surface area contributed by atoms with E-state index in [1.165, 1.54) is 11.3 Å². The Labute approximate surface area is 167 Å². The summed E-state index contributed by atoms with van der Waals surface area (Å²) in [6.45, 7) is 2.17. The number of thiophene rings is 1. The average molecular weight is 414 g/mol. The molecule has 0 saturated heterocycles. The van der Waals surface area contributed by atoms with Crippen molar-refractivity contribution in [3.8, 4) is 16.9 Å². The van der Waals surface area contributed by atoms with Crippen LogP contribution in [0.15, 0.2) is 46.6 Å². The van der Waals surface area contributed by atoms with Gasteiger partial charge in [0.25, 0.3) is 5.56 Å². The zero-order valence-electron chi connectivity index (χ0n) is 15.2. The molecule has 0 aliphatic heterocycles. The fourth-order valence-corrected chi connectivity index (χ4v) is 4.54. The number of hydrogen-bond acceptors (Lipinski definition) is 5. The van der Waals surface area contributed by atoms with Crippen molar-refractivity contribution in [3.63, 3.8) is 0 Å². The van der Waals surface area contributed by atoms with E-state index in [1.54, 1.807) is 7.11 Å². The summed E-state index contributed by atoms with van der Waals surface area (Å²) in [5, 5.41) is 3.73. The van der Waals surface area contributed by atoms with Gasteiger partial charge in [0.05, 0.1) is 7.11 Å². The molecule has 144 valence electrons. The molecule has 2 N–H and O–H groups in total. The van der Waals surface area contributed by atoms with Crippen LogP contribution in [-0.2, 0) is 17.8 Å².